The van der Waals surface area contributed by atoms with E-state index in [9.17, 15) is 9.59 Å². The summed E-state index contributed by atoms with van der Waals surface area (Å²) in [6.07, 6.45) is 4.11. The van der Waals surface area contributed by atoms with E-state index in [1.165, 1.54) is 0 Å². The lowest BCUT2D eigenvalue weighted by atomic mass is 10.2. The fraction of sp³-hybridized carbons (Fsp3) is 0.538. The molecule has 1 N–H and O–H groups in total. The largest absolute Gasteiger partial charge is 0.338 e. The van der Waals surface area contributed by atoms with Gasteiger partial charge in [0.25, 0.3) is 5.91 Å². The third-order valence-electron chi connectivity index (χ3n) is 2.88. The number of nitrogens with zero attached hydrogens (tertiary/aromatic N) is 1. The van der Waals surface area contributed by atoms with Crippen LogP contribution in [0.15, 0.2) is 23.9 Å². The Morgan fingerprint density at radius 3 is 2.76 bits per heavy atom. The van der Waals surface area contributed by atoms with Crippen LogP contribution in [0.1, 0.15) is 33.1 Å². The molecule has 94 valence electrons. The lowest BCUT2D eigenvalue weighted by molar-refractivity contribution is -0.127. The van der Waals surface area contributed by atoms with Gasteiger partial charge in [0, 0.05) is 24.2 Å². The summed E-state index contributed by atoms with van der Waals surface area (Å²) in [5, 5.41) is 2.79. The Labute approximate surface area is 102 Å². The van der Waals surface area contributed by atoms with Gasteiger partial charge in [-0.2, -0.15) is 0 Å². The van der Waals surface area contributed by atoms with E-state index in [0.717, 1.165) is 25.1 Å². The second kappa shape index (κ2) is 6.23. The molecule has 0 unspecified atom stereocenters. The first kappa shape index (κ1) is 13.5. The second-order valence-electron chi connectivity index (χ2n) is 4.14. The number of hydrogen-bond acceptors (Lipinski definition) is 2. The Kier molecular flexibility index (Phi) is 4.94. The molecule has 0 aromatic rings. The molecule has 2 amide bonds. The highest BCUT2D eigenvalue weighted by molar-refractivity contribution is 5.95. The van der Waals surface area contributed by atoms with Crippen LogP contribution in [0, 0.1) is 0 Å². The molecule has 0 radical (unpaired) electrons. The molecule has 0 aromatic heterocycles. The number of carbonyl (C=O) groups excluding carboxylic acids is 2. The van der Waals surface area contributed by atoms with Crippen LogP contribution in [-0.2, 0) is 9.59 Å². The van der Waals surface area contributed by atoms with Gasteiger partial charge in [-0.3, -0.25) is 9.59 Å². The monoisotopic (exact) mass is 236 g/mol. The van der Waals surface area contributed by atoms with Crippen LogP contribution in [0.3, 0.4) is 0 Å². The molecule has 4 heteroatoms. The number of allylic oxidation sites excluding steroid dienone is 2. The van der Waals surface area contributed by atoms with Crippen LogP contribution in [0.5, 0.6) is 0 Å². The Morgan fingerprint density at radius 1 is 1.59 bits per heavy atom. The summed E-state index contributed by atoms with van der Waals surface area (Å²) in [5.74, 6) is -0.0830. The molecule has 0 aliphatic carbocycles. The van der Waals surface area contributed by atoms with Gasteiger partial charge in [0.1, 0.15) is 0 Å². The number of carbonyl (C=O) groups is 2. The number of likely N-dealkylation sites (tertiary alicyclic amines) is 1. The van der Waals surface area contributed by atoms with Crippen LogP contribution in [0.2, 0.25) is 0 Å². The minimum Gasteiger partial charge on any atom is -0.338 e. The molecule has 0 bridgehead atoms. The minimum atomic E-state index is -0.195. The van der Waals surface area contributed by atoms with Crippen molar-refractivity contribution in [3.05, 3.63) is 23.9 Å². The summed E-state index contributed by atoms with van der Waals surface area (Å²) in [4.78, 5) is 24.9. The normalized spacial score (nSPS) is 16.2. The third kappa shape index (κ3) is 3.73. The number of amides is 2. The molecule has 0 atom stereocenters. The van der Waals surface area contributed by atoms with Gasteiger partial charge in [-0.1, -0.05) is 19.6 Å². The van der Waals surface area contributed by atoms with Gasteiger partial charge in [-0.25, -0.2) is 0 Å². The van der Waals surface area contributed by atoms with Crippen molar-refractivity contribution in [1.29, 1.82) is 0 Å². The van der Waals surface area contributed by atoms with Crippen molar-refractivity contribution in [2.75, 3.05) is 13.1 Å². The maximum absolute atomic E-state index is 11.8. The zero-order valence-electron chi connectivity index (χ0n) is 10.6. The summed E-state index contributed by atoms with van der Waals surface area (Å²) < 4.78 is 0. The van der Waals surface area contributed by atoms with E-state index in [1.807, 2.05) is 19.9 Å². The van der Waals surface area contributed by atoms with Gasteiger partial charge in [0.2, 0.25) is 5.91 Å². The van der Waals surface area contributed by atoms with Crippen LogP contribution in [0.25, 0.3) is 0 Å². The maximum atomic E-state index is 11.8. The van der Waals surface area contributed by atoms with E-state index in [0.29, 0.717) is 18.5 Å². The standard InChI is InChI=1S/C13H20N2O2/c1-4-11(5-2)14-13(17)10(3)9-15-8-6-7-12(15)16/h4H,3,5-9H2,1-2H3,(H,14,17)/b11-4-. The van der Waals surface area contributed by atoms with E-state index in [1.54, 1.807) is 4.90 Å². The number of rotatable bonds is 5. The van der Waals surface area contributed by atoms with E-state index < -0.39 is 0 Å². The molecular formula is C13H20N2O2. The van der Waals surface area contributed by atoms with E-state index >= 15 is 0 Å². The Morgan fingerprint density at radius 2 is 2.29 bits per heavy atom. The van der Waals surface area contributed by atoms with Gasteiger partial charge >= 0.3 is 0 Å². The average Bonchev–Trinajstić information content (AvgIpc) is 2.71. The van der Waals surface area contributed by atoms with E-state index in [-0.39, 0.29) is 11.8 Å². The van der Waals surface area contributed by atoms with Gasteiger partial charge in [-0.15, -0.1) is 0 Å². The van der Waals surface area contributed by atoms with Crippen molar-refractivity contribution in [3.63, 3.8) is 0 Å². The predicted octanol–water partition coefficient (Wildman–Crippen LogP) is 1.59. The van der Waals surface area contributed by atoms with Crippen LogP contribution in [0.4, 0.5) is 0 Å². The van der Waals surface area contributed by atoms with E-state index in [2.05, 4.69) is 11.9 Å². The minimum absolute atomic E-state index is 0.112. The van der Waals surface area contributed by atoms with Crippen LogP contribution in [-0.4, -0.2) is 29.8 Å². The highest BCUT2D eigenvalue weighted by atomic mass is 16.2. The molecule has 0 aromatic carbocycles. The molecule has 17 heavy (non-hydrogen) atoms. The summed E-state index contributed by atoms with van der Waals surface area (Å²) >= 11 is 0. The Hall–Kier alpha value is -1.58. The van der Waals surface area contributed by atoms with Gasteiger partial charge < -0.3 is 10.2 Å². The van der Waals surface area contributed by atoms with E-state index in [4.69, 9.17) is 0 Å². The lowest BCUT2D eigenvalue weighted by Gasteiger charge is -2.17. The molecule has 1 rings (SSSR count). The average molecular weight is 236 g/mol. The highest BCUT2D eigenvalue weighted by Gasteiger charge is 2.22. The summed E-state index contributed by atoms with van der Waals surface area (Å²) in [5.41, 5.74) is 1.32. The molecule has 1 aliphatic rings. The smallest absolute Gasteiger partial charge is 0.252 e. The lowest BCUT2D eigenvalue weighted by Crippen LogP contribution is -2.33. The SMILES string of the molecule is C=C(CN1CCCC1=O)C(=O)N/C(=C\C)CC. The first-order valence-electron chi connectivity index (χ1n) is 6.00. The van der Waals surface area contributed by atoms with Crippen molar-refractivity contribution in [3.8, 4) is 0 Å². The molecule has 1 saturated heterocycles. The third-order valence-corrected chi connectivity index (χ3v) is 2.88. The Bertz CT molecular complexity index is 358. The molecule has 1 aliphatic heterocycles. The summed E-state index contributed by atoms with van der Waals surface area (Å²) in [7, 11) is 0. The first-order valence-corrected chi connectivity index (χ1v) is 6.00. The highest BCUT2D eigenvalue weighted by Crippen LogP contribution is 2.11. The first-order chi connectivity index (χ1) is 8.08. The topological polar surface area (TPSA) is 49.4 Å². The van der Waals surface area contributed by atoms with Crippen molar-refractivity contribution < 1.29 is 9.59 Å². The van der Waals surface area contributed by atoms with Crippen LogP contribution < -0.4 is 5.32 Å². The van der Waals surface area contributed by atoms with Crippen molar-refractivity contribution in [2.24, 2.45) is 0 Å². The van der Waals surface area contributed by atoms with Gasteiger partial charge in [-0.05, 0) is 19.8 Å². The Balaban J connectivity index is 2.47. The fourth-order valence-corrected chi connectivity index (χ4v) is 1.77. The van der Waals surface area contributed by atoms with Crippen molar-refractivity contribution >= 4 is 11.8 Å². The maximum Gasteiger partial charge on any atom is 0.252 e. The molecule has 1 fully saturated rings. The van der Waals surface area contributed by atoms with Crippen molar-refractivity contribution in [1.82, 2.24) is 10.2 Å². The van der Waals surface area contributed by atoms with Crippen molar-refractivity contribution in [2.45, 2.75) is 33.1 Å². The second-order valence-corrected chi connectivity index (χ2v) is 4.14. The molecular weight excluding hydrogens is 216 g/mol. The summed E-state index contributed by atoms with van der Waals surface area (Å²) in [6.45, 7) is 8.67. The number of hydrogen-bond donors (Lipinski definition) is 1. The number of nitrogens with one attached hydrogen (secondary N) is 1. The van der Waals surface area contributed by atoms with Gasteiger partial charge in [0.15, 0.2) is 0 Å². The predicted molar refractivity (Wildman–Crippen MR) is 67.1 cm³/mol. The molecule has 4 nitrogen and oxygen atoms in total. The fourth-order valence-electron chi connectivity index (χ4n) is 1.77. The summed E-state index contributed by atoms with van der Waals surface area (Å²) in [6, 6.07) is 0. The molecule has 0 spiro atoms. The molecule has 1 heterocycles. The van der Waals surface area contributed by atoms with Crippen LogP contribution >= 0.6 is 0 Å². The zero-order valence-corrected chi connectivity index (χ0v) is 10.6. The van der Waals surface area contributed by atoms with Gasteiger partial charge in [0.05, 0.1) is 6.54 Å². The molecule has 0 saturated carbocycles. The zero-order chi connectivity index (χ0) is 12.8. The quantitative estimate of drug-likeness (QED) is 0.737.